The van der Waals surface area contributed by atoms with Gasteiger partial charge in [-0.05, 0) is 30.9 Å². The number of morpholine rings is 1. The maximum absolute atomic E-state index is 5.58. The minimum Gasteiger partial charge on any atom is -0.379 e. The number of ether oxygens (including phenoxy) is 1. The quantitative estimate of drug-likeness (QED) is 0.333. The number of nitrogens with one attached hydrogen (secondary N) is 2. The first-order chi connectivity index (χ1) is 12.7. The van der Waals surface area contributed by atoms with Crippen molar-refractivity contribution in [1.29, 1.82) is 0 Å². The van der Waals surface area contributed by atoms with E-state index in [1.54, 1.807) is 0 Å². The molecular formula is C19H36IN5OS. The molecule has 0 aromatic heterocycles. The predicted octanol–water partition coefficient (Wildman–Crippen LogP) is 1.46. The minimum absolute atomic E-state index is 0. The minimum atomic E-state index is 0. The zero-order valence-electron chi connectivity index (χ0n) is 16.8. The molecule has 3 heterocycles. The Hall–Kier alpha value is 0.230. The second-order valence-corrected chi connectivity index (χ2v) is 9.57. The van der Waals surface area contributed by atoms with Gasteiger partial charge in [-0.2, -0.15) is 11.8 Å². The number of guanidine groups is 1. The molecule has 0 spiro atoms. The number of hydrogen-bond donors (Lipinski definition) is 2. The molecule has 0 aromatic carbocycles. The normalized spacial score (nSPS) is 35.9. The van der Waals surface area contributed by atoms with Crippen LogP contribution in [0, 0.1) is 5.92 Å². The largest absolute Gasteiger partial charge is 0.379 e. The van der Waals surface area contributed by atoms with Crippen molar-refractivity contribution in [1.82, 2.24) is 20.4 Å². The molecule has 0 radical (unpaired) electrons. The fraction of sp³-hybridized carbons (Fsp3) is 0.947. The van der Waals surface area contributed by atoms with Gasteiger partial charge in [0.2, 0.25) is 0 Å². The molecule has 8 heteroatoms. The van der Waals surface area contributed by atoms with Gasteiger partial charge < -0.3 is 15.4 Å². The van der Waals surface area contributed by atoms with Crippen molar-refractivity contribution in [2.45, 2.75) is 43.8 Å². The van der Waals surface area contributed by atoms with E-state index < -0.39 is 0 Å². The summed E-state index contributed by atoms with van der Waals surface area (Å²) in [6, 6.07) is 1.37. The van der Waals surface area contributed by atoms with E-state index in [2.05, 4.69) is 44.1 Å². The third-order valence-corrected chi connectivity index (χ3v) is 7.83. The topological polar surface area (TPSA) is 52.1 Å². The second-order valence-electron chi connectivity index (χ2n) is 8.47. The van der Waals surface area contributed by atoms with Gasteiger partial charge in [0.15, 0.2) is 5.96 Å². The Kier molecular flexibility index (Phi) is 7.98. The predicted molar refractivity (Wildman–Crippen MR) is 125 cm³/mol. The van der Waals surface area contributed by atoms with E-state index in [1.165, 1.54) is 37.3 Å². The summed E-state index contributed by atoms with van der Waals surface area (Å²) < 4.78 is 5.58. The van der Waals surface area contributed by atoms with Crippen molar-refractivity contribution >= 4 is 41.7 Å². The van der Waals surface area contributed by atoms with Gasteiger partial charge in [-0.25, -0.2) is 0 Å². The van der Waals surface area contributed by atoms with E-state index in [4.69, 9.17) is 4.74 Å². The Morgan fingerprint density at radius 2 is 2.04 bits per heavy atom. The molecule has 3 saturated heterocycles. The zero-order chi connectivity index (χ0) is 18.0. The highest BCUT2D eigenvalue weighted by Gasteiger charge is 2.41. The van der Waals surface area contributed by atoms with Crippen LogP contribution in [0.15, 0.2) is 4.99 Å². The molecule has 1 aliphatic carbocycles. The molecule has 0 bridgehead atoms. The van der Waals surface area contributed by atoms with E-state index >= 15 is 0 Å². The molecule has 156 valence electrons. The average Bonchev–Trinajstić information content (AvgIpc) is 3.30. The highest BCUT2D eigenvalue weighted by atomic mass is 127. The van der Waals surface area contributed by atoms with Gasteiger partial charge in [0.05, 0.1) is 13.2 Å². The first-order valence-corrected chi connectivity index (χ1v) is 11.5. The summed E-state index contributed by atoms with van der Waals surface area (Å²) in [5.74, 6) is 4.14. The fourth-order valence-electron chi connectivity index (χ4n) is 4.68. The van der Waals surface area contributed by atoms with Crippen LogP contribution >= 0.6 is 35.7 Å². The molecule has 4 aliphatic rings. The van der Waals surface area contributed by atoms with E-state index in [1.807, 2.05) is 7.05 Å². The van der Waals surface area contributed by atoms with Gasteiger partial charge in [-0.1, -0.05) is 6.92 Å². The molecule has 2 N–H and O–H groups in total. The van der Waals surface area contributed by atoms with Crippen molar-refractivity contribution in [2.24, 2.45) is 10.9 Å². The number of halogens is 1. The molecule has 27 heavy (non-hydrogen) atoms. The summed E-state index contributed by atoms with van der Waals surface area (Å²) in [6.45, 7) is 9.61. The highest BCUT2D eigenvalue weighted by Crippen LogP contribution is 2.34. The Labute approximate surface area is 185 Å². The number of thioether (sulfide) groups is 1. The lowest BCUT2D eigenvalue weighted by atomic mass is 9.95. The van der Waals surface area contributed by atoms with Gasteiger partial charge in [-0.15, -0.1) is 24.0 Å². The van der Waals surface area contributed by atoms with E-state index in [0.717, 1.165) is 51.4 Å². The Morgan fingerprint density at radius 1 is 1.26 bits per heavy atom. The van der Waals surface area contributed by atoms with Crippen LogP contribution in [0.4, 0.5) is 0 Å². The van der Waals surface area contributed by atoms with Gasteiger partial charge in [-0.3, -0.25) is 14.8 Å². The van der Waals surface area contributed by atoms with Gasteiger partial charge >= 0.3 is 0 Å². The van der Waals surface area contributed by atoms with Crippen molar-refractivity contribution in [2.75, 3.05) is 64.5 Å². The Balaban J connectivity index is 0.00000210. The second kappa shape index (κ2) is 9.82. The number of hydrogen-bond acceptors (Lipinski definition) is 5. The summed E-state index contributed by atoms with van der Waals surface area (Å²) in [4.78, 5) is 9.86. The maximum Gasteiger partial charge on any atom is 0.191 e. The lowest BCUT2D eigenvalue weighted by molar-refractivity contribution is -0.0120. The zero-order valence-corrected chi connectivity index (χ0v) is 19.9. The standard InChI is InChI=1S/C19H35N5OS.HI/c1-15-11-23(16-3-4-16)12-17(15)22-18(20-2)21-13-19(5-10-26-14-19)24-6-8-25-9-7-24;/h15-17H,3-14H2,1-2H3,(H2,20,21,22);1H. The first kappa shape index (κ1) is 21.9. The molecule has 4 fully saturated rings. The van der Waals surface area contributed by atoms with Crippen LogP contribution in [0.5, 0.6) is 0 Å². The fourth-order valence-corrected chi connectivity index (χ4v) is 6.16. The average molecular weight is 510 g/mol. The number of nitrogens with zero attached hydrogens (tertiary/aromatic N) is 3. The van der Waals surface area contributed by atoms with Crippen molar-refractivity contribution < 1.29 is 4.74 Å². The molecule has 3 aliphatic heterocycles. The van der Waals surface area contributed by atoms with Crippen LogP contribution in [0.25, 0.3) is 0 Å². The number of rotatable bonds is 5. The van der Waals surface area contributed by atoms with Crippen LogP contribution < -0.4 is 10.6 Å². The van der Waals surface area contributed by atoms with Gasteiger partial charge in [0.1, 0.15) is 0 Å². The van der Waals surface area contributed by atoms with Crippen LogP contribution in [0.1, 0.15) is 26.2 Å². The highest BCUT2D eigenvalue weighted by molar-refractivity contribution is 14.0. The first-order valence-electron chi connectivity index (χ1n) is 10.3. The summed E-state index contributed by atoms with van der Waals surface area (Å²) >= 11 is 2.09. The molecule has 1 saturated carbocycles. The van der Waals surface area contributed by atoms with Crippen LogP contribution in [-0.2, 0) is 4.74 Å². The van der Waals surface area contributed by atoms with Crippen LogP contribution in [0.3, 0.4) is 0 Å². The lowest BCUT2D eigenvalue weighted by Gasteiger charge is -2.43. The number of aliphatic imine (C=N–C) groups is 1. The van der Waals surface area contributed by atoms with E-state index in [9.17, 15) is 0 Å². The maximum atomic E-state index is 5.58. The van der Waals surface area contributed by atoms with Crippen LogP contribution in [-0.4, -0.2) is 97.9 Å². The van der Waals surface area contributed by atoms with Crippen molar-refractivity contribution in [3.05, 3.63) is 0 Å². The SMILES string of the molecule is CN=C(NCC1(N2CCOCC2)CCSC1)NC1CN(C2CC2)CC1C.I. The van der Waals surface area contributed by atoms with Gasteiger partial charge in [0, 0.05) is 63.1 Å². The molecule has 3 atom stereocenters. The molecule has 6 nitrogen and oxygen atoms in total. The Bertz CT molecular complexity index is 506. The monoisotopic (exact) mass is 509 g/mol. The molecule has 4 rings (SSSR count). The lowest BCUT2D eigenvalue weighted by Crippen LogP contribution is -2.60. The number of likely N-dealkylation sites (tertiary alicyclic amines) is 1. The molecule has 3 unspecified atom stereocenters. The molecule has 0 amide bonds. The van der Waals surface area contributed by atoms with Crippen LogP contribution in [0.2, 0.25) is 0 Å². The third kappa shape index (κ3) is 5.24. The van der Waals surface area contributed by atoms with Crippen molar-refractivity contribution in [3.8, 4) is 0 Å². The van der Waals surface area contributed by atoms with Crippen molar-refractivity contribution in [3.63, 3.8) is 0 Å². The Morgan fingerprint density at radius 3 is 2.67 bits per heavy atom. The summed E-state index contributed by atoms with van der Waals surface area (Å²) in [6.07, 6.45) is 4.05. The third-order valence-electron chi connectivity index (χ3n) is 6.60. The van der Waals surface area contributed by atoms with E-state index in [0.29, 0.717) is 12.0 Å². The van der Waals surface area contributed by atoms with Gasteiger partial charge in [0.25, 0.3) is 0 Å². The summed E-state index contributed by atoms with van der Waals surface area (Å²) in [5, 5.41) is 7.40. The molecular weight excluding hydrogens is 473 g/mol. The molecule has 0 aromatic rings. The van der Waals surface area contributed by atoms with E-state index in [-0.39, 0.29) is 29.5 Å². The smallest absolute Gasteiger partial charge is 0.191 e. The summed E-state index contributed by atoms with van der Waals surface area (Å²) in [5.41, 5.74) is 0.257. The summed E-state index contributed by atoms with van der Waals surface area (Å²) in [7, 11) is 1.90.